The van der Waals surface area contributed by atoms with Crippen molar-refractivity contribution in [3.05, 3.63) is 56.5 Å². The summed E-state index contributed by atoms with van der Waals surface area (Å²) >= 11 is 6.70. The van der Waals surface area contributed by atoms with Crippen molar-refractivity contribution in [1.29, 1.82) is 0 Å². The van der Waals surface area contributed by atoms with Crippen LogP contribution in [-0.4, -0.2) is 42.5 Å². The minimum Gasteiger partial charge on any atom is -0.506 e. The third kappa shape index (κ3) is 6.90. The van der Waals surface area contributed by atoms with Gasteiger partial charge in [-0.05, 0) is 67.3 Å². The number of alkyl halides is 3. The summed E-state index contributed by atoms with van der Waals surface area (Å²) in [5, 5.41) is 13.3. The smallest absolute Gasteiger partial charge is 0.506 e. The highest BCUT2D eigenvalue weighted by Gasteiger charge is 2.31. The third-order valence-electron chi connectivity index (χ3n) is 4.30. The maximum Gasteiger partial charge on any atom is 0.573 e. The van der Waals surface area contributed by atoms with Crippen LogP contribution in [0.3, 0.4) is 0 Å². The Hall–Kier alpha value is -0.710. The zero-order valence-corrected chi connectivity index (χ0v) is 19.7. The molecule has 1 aliphatic rings. The van der Waals surface area contributed by atoms with Gasteiger partial charge in [-0.15, -0.1) is 38.0 Å². The third-order valence-corrected chi connectivity index (χ3v) is 5.51. The highest BCUT2D eigenvalue weighted by Crippen LogP contribution is 2.39. The average Bonchev–Trinajstić information content (AvgIpc) is 2.61. The lowest BCUT2D eigenvalue weighted by atomic mass is 9.96. The molecule has 0 radical (unpaired) electrons. The van der Waals surface area contributed by atoms with Gasteiger partial charge < -0.3 is 15.2 Å². The zero-order chi connectivity index (χ0) is 19.6. The molecule has 0 unspecified atom stereocenters. The Balaban J connectivity index is 0.00000210. The molecule has 1 saturated heterocycles. The van der Waals surface area contributed by atoms with Crippen LogP contribution in [0.4, 0.5) is 13.2 Å². The fourth-order valence-electron chi connectivity index (χ4n) is 3.15. The molecule has 0 spiro atoms. The second-order valence-corrected chi connectivity index (χ2v) is 7.85. The van der Waals surface area contributed by atoms with Crippen LogP contribution in [0.25, 0.3) is 0 Å². The number of phenols is 1. The largest absolute Gasteiger partial charge is 0.573 e. The molecule has 0 aliphatic carbocycles. The number of hydrogen-bond donors (Lipinski definition) is 2. The van der Waals surface area contributed by atoms with Crippen LogP contribution in [0.2, 0.25) is 0 Å². The van der Waals surface area contributed by atoms with Crippen molar-refractivity contribution in [3.8, 4) is 11.5 Å². The number of aromatic hydroxyl groups is 1. The van der Waals surface area contributed by atoms with Gasteiger partial charge in [-0.25, -0.2) is 0 Å². The van der Waals surface area contributed by atoms with E-state index in [0.717, 1.165) is 37.3 Å². The highest BCUT2D eigenvalue weighted by molar-refractivity contribution is 9.11. The number of rotatable bonds is 4. The average molecular weight is 583 g/mol. The molecule has 1 heterocycles. The maximum absolute atomic E-state index is 12.4. The number of benzene rings is 2. The molecule has 4 nitrogen and oxygen atoms in total. The molecule has 11 heteroatoms. The van der Waals surface area contributed by atoms with Crippen LogP contribution < -0.4 is 10.1 Å². The molecule has 0 amide bonds. The number of ether oxygens (including phenoxy) is 1. The van der Waals surface area contributed by atoms with E-state index in [4.69, 9.17) is 0 Å². The van der Waals surface area contributed by atoms with Crippen LogP contribution in [0, 0.1) is 0 Å². The van der Waals surface area contributed by atoms with Crippen molar-refractivity contribution < 1.29 is 23.0 Å². The fourth-order valence-corrected chi connectivity index (χ4v) is 4.37. The number of halogens is 7. The van der Waals surface area contributed by atoms with Gasteiger partial charge in [-0.2, -0.15) is 0 Å². The summed E-state index contributed by atoms with van der Waals surface area (Å²) in [7, 11) is 0. The van der Waals surface area contributed by atoms with Crippen molar-refractivity contribution in [2.24, 2.45) is 0 Å². The predicted molar refractivity (Wildman–Crippen MR) is 117 cm³/mol. The van der Waals surface area contributed by atoms with E-state index < -0.39 is 6.36 Å². The Kier molecular flexibility index (Phi) is 10.0. The Morgan fingerprint density at radius 3 is 1.97 bits per heavy atom. The monoisotopic (exact) mass is 580 g/mol. The second kappa shape index (κ2) is 11.1. The summed E-state index contributed by atoms with van der Waals surface area (Å²) < 4.78 is 42.3. The fraction of sp³-hybridized carbons (Fsp3) is 0.333. The first kappa shape index (κ1) is 26.3. The van der Waals surface area contributed by atoms with E-state index in [1.807, 2.05) is 12.1 Å². The van der Waals surface area contributed by atoms with E-state index in [1.54, 1.807) is 12.1 Å². The van der Waals surface area contributed by atoms with E-state index in [1.165, 1.54) is 12.1 Å². The van der Waals surface area contributed by atoms with Crippen molar-refractivity contribution in [3.63, 3.8) is 0 Å². The number of hydrogen-bond acceptors (Lipinski definition) is 4. The predicted octanol–water partition coefficient (Wildman–Crippen LogP) is 5.65. The van der Waals surface area contributed by atoms with E-state index in [9.17, 15) is 18.3 Å². The van der Waals surface area contributed by atoms with Gasteiger partial charge in [0.25, 0.3) is 0 Å². The molecule has 2 N–H and O–H groups in total. The van der Waals surface area contributed by atoms with Crippen molar-refractivity contribution in [1.82, 2.24) is 10.2 Å². The van der Waals surface area contributed by atoms with Crippen molar-refractivity contribution >= 4 is 56.7 Å². The molecule has 2 aromatic carbocycles. The van der Waals surface area contributed by atoms with E-state index in [0.29, 0.717) is 8.95 Å². The van der Waals surface area contributed by atoms with Crippen LogP contribution in [0.5, 0.6) is 11.5 Å². The molecule has 0 saturated carbocycles. The first-order valence-electron chi connectivity index (χ1n) is 8.23. The van der Waals surface area contributed by atoms with Gasteiger partial charge >= 0.3 is 6.36 Å². The van der Waals surface area contributed by atoms with Gasteiger partial charge in [-0.3, -0.25) is 4.90 Å². The first-order valence-corrected chi connectivity index (χ1v) is 9.81. The molecule has 1 aliphatic heterocycles. The van der Waals surface area contributed by atoms with Crippen molar-refractivity contribution in [2.45, 2.75) is 12.4 Å². The van der Waals surface area contributed by atoms with Crippen LogP contribution in [0.1, 0.15) is 17.2 Å². The minimum absolute atomic E-state index is 0. The minimum atomic E-state index is -4.72. The lowest BCUT2D eigenvalue weighted by Crippen LogP contribution is -2.45. The number of nitrogens with one attached hydrogen (secondary N) is 1. The summed E-state index contributed by atoms with van der Waals surface area (Å²) in [6.07, 6.45) is -4.72. The molecule has 3 rings (SSSR count). The standard InChI is InChI=1S/C18H17Br2F3N2O2.2ClH/c19-14-9-12(10-15(20)17(14)26)16(25-7-5-24-6-8-25)11-1-3-13(4-2-11)27-18(21,22)23;;/h1-4,9-10,16,24,26H,5-8H2;2*1H/t16-;;/m1../s1. The first-order chi connectivity index (χ1) is 12.7. The van der Waals surface area contributed by atoms with E-state index in [-0.39, 0.29) is 42.4 Å². The number of piperazine rings is 1. The lowest BCUT2D eigenvalue weighted by Gasteiger charge is -2.36. The molecule has 1 fully saturated rings. The lowest BCUT2D eigenvalue weighted by molar-refractivity contribution is -0.274. The van der Waals surface area contributed by atoms with E-state index in [2.05, 4.69) is 46.8 Å². The van der Waals surface area contributed by atoms with Crippen LogP contribution >= 0.6 is 56.7 Å². The summed E-state index contributed by atoms with van der Waals surface area (Å²) in [4.78, 5) is 2.25. The zero-order valence-electron chi connectivity index (χ0n) is 14.9. The van der Waals surface area contributed by atoms with Gasteiger partial charge in [0.15, 0.2) is 0 Å². The maximum atomic E-state index is 12.4. The topological polar surface area (TPSA) is 44.7 Å². The van der Waals surface area contributed by atoms with Gasteiger partial charge in [0.2, 0.25) is 0 Å². The van der Waals surface area contributed by atoms with Gasteiger partial charge in [0.05, 0.1) is 15.0 Å². The summed E-state index contributed by atoms with van der Waals surface area (Å²) in [5.74, 6) is -0.148. The van der Waals surface area contributed by atoms with Gasteiger partial charge in [0.1, 0.15) is 11.5 Å². The van der Waals surface area contributed by atoms with Crippen molar-refractivity contribution in [2.75, 3.05) is 26.2 Å². The van der Waals surface area contributed by atoms with Gasteiger partial charge in [0, 0.05) is 26.2 Å². The quantitative estimate of drug-likeness (QED) is 0.489. The Bertz CT molecular complexity index is 782. The molecule has 0 bridgehead atoms. The summed E-state index contributed by atoms with van der Waals surface area (Å²) in [6, 6.07) is 9.41. The summed E-state index contributed by atoms with van der Waals surface area (Å²) in [5.41, 5.74) is 1.76. The molecular formula is C18H19Br2Cl2F3N2O2. The van der Waals surface area contributed by atoms with E-state index >= 15 is 0 Å². The SMILES string of the molecule is Cl.Cl.Oc1c(Br)cc([C@@H](c2ccc(OC(F)(F)F)cc2)N2CCNCC2)cc1Br. The molecule has 0 aromatic heterocycles. The normalized spacial score (nSPS) is 15.8. The molecular weight excluding hydrogens is 564 g/mol. The molecule has 162 valence electrons. The van der Waals surface area contributed by atoms with Crippen LogP contribution in [0.15, 0.2) is 45.3 Å². The second-order valence-electron chi connectivity index (χ2n) is 6.14. The van der Waals surface area contributed by atoms with Crippen LogP contribution in [-0.2, 0) is 0 Å². The molecule has 2 aromatic rings. The van der Waals surface area contributed by atoms with Gasteiger partial charge in [-0.1, -0.05) is 12.1 Å². The Labute approximate surface area is 195 Å². The highest BCUT2D eigenvalue weighted by atomic mass is 79.9. The molecule has 1 atom stereocenters. The summed E-state index contributed by atoms with van der Waals surface area (Å²) in [6.45, 7) is 3.24. The number of nitrogens with zero attached hydrogens (tertiary/aromatic N) is 1. The Morgan fingerprint density at radius 1 is 0.966 bits per heavy atom. The molecule has 29 heavy (non-hydrogen) atoms. The number of phenolic OH excluding ortho intramolecular Hbond substituents is 1. The Morgan fingerprint density at radius 2 is 1.48 bits per heavy atom.